The predicted octanol–water partition coefficient (Wildman–Crippen LogP) is 15.9. The molecule has 4 aromatic carbocycles. The number of carbonyl (C=O) groups excluding carboxylic acids is 2. The number of nitrogens with zero attached hydrogens (tertiary/aromatic N) is 2. The van der Waals surface area contributed by atoms with E-state index in [9.17, 15) is 62.3 Å². The number of rotatable bonds is 13. The van der Waals surface area contributed by atoms with Gasteiger partial charge in [-0.25, -0.2) is 0 Å². The number of hydrogen-bond donors (Lipinski definition) is 0. The molecule has 70 heavy (non-hydrogen) atoms. The highest BCUT2D eigenvalue weighted by Gasteiger charge is 2.45. The van der Waals surface area contributed by atoms with Gasteiger partial charge in [0, 0.05) is 37.5 Å². The Morgan fingerprint density at radius 1 is 0.571 bits per heavy atom. The Balaban J connectivity index is 0.000000261. The molecule has 4 aromatic rings. The third kappa shape index (κ3) is 15.4. The molecular weight excluding hydrogens is 937 g/mol. The first-order valence-corrected chi connectivity index (χ1v) is 23.6. The Morgan fingerprint density at radius 2 is 1.04 bits per heavy atom. The molecule has 4 nitrogen and oxygen atoms in total. The number of carbonyl (C=O) groups is 2. The smallest absolute Gasteiger partial charge is 0.300 e. The average Bonchev–Trinajstić information content (AvgIpc) is 3.25. The SMILES string of the molecule is CC(=O)C(CC(C)C)c1cc(-c2ccc(C(F)(F)F)cc2)cc(C2CCC(C(F)(F)F)CN2C)c1.CC(=O)Cc1cc(-c2ccc(C(F)(F)F)cc2)cc(C2CCC(C(F)(F)F)CN2CCC(C)C)c1. The topological polar surface area (TPSA) is 40.6 Å². The first-order chi connectivity index (χ1) is 32.4. The van der Waals surface area contributed by atoms with Crippen LogP contribution in [0, 0.1) is 23.7 Å². The van der Waals surface area contributed by atoms with Gasteiger partial charge in [-0.3, -0.25) is 19.4 Å². The first-order valence-electron chi connectivity index (χ1n) is 23.6. The molecule has 0 N–H and O–H groups in total. The van der Waals surface area contributed by atoms with E-state index in [1.807, 2.05) is 62.9 Å². The minimum Gasteiger partial charge on any atom is -0.300 e. The molecule has 0 spiro atoms. The summed E-state index contributed by atoms with van der Waals surface area (Å²) in [5, 5.41) is 0. The quantitative estimate of drug-likeness (QED) is 0.125. The normalized spacial score (nSPS) is 20.3. The van der Waals surface area contributed by atoms with Gasteiger partial charge in [0.05, 0.1) is 23.0 Å². The lowest BCUT2D eigenvalue weighted by Gasteiger charge is -2.41. The number of benzene rings is 4. The molecule has 2 fully saturated rings. The maximum absolute atomic E-state index is 13.5. The second-order valence-electron chi connectivity index (χ2n) is 20.0. The Labute approximate surface area is 402 Å². The van der Waals surface area contributed by atoms with Gasteiger partial charge in [0.1, 0.15) is 11.6 Å². The molecule has 0 saturated carbocycles. The van der Waals surface area contributed by atoms with Gasteiger partial charge in [-0.15, -0.1) is 0 Å². The fourth-order valence-electron chi connectivity index (χ4n) is 9.61. The van der Waals surface area contributed by atoms with Crippen molar-refractivity contribution >= 4 is 11.6 Å². The molecule has 5 unspecified atom stereocenters. The van der Waals surface area contributed by atoms with E-state index in [-0.39, 0.29) is 61.9 Å². The first kappa shape index (κ1) is 56.2. The fraction of sp³-hybridized carbons (Fsp3) is 0.519. The molecular formula is C54H62F12N2O2. The lowest BCUT2D eigenvalue weighted by atomic mass is 9.82. The van der Waals surface area contributed by atoms with Crippen LogP contribution in [0.5, 0.6) is 0 Å². The van der Waals surface area contributed by atoms with E-state index in [1.54, 1.807) is 18.0 Å². The van der Waals surface area contributed by atoms with Crippen LogP contribution in [-0.4, -0.2) is 60.4 Å². The van der Waals surface area contributed by atoms with E-state index in [4.69, 9.17) is 0 Å². The molecule has 384 valence electrons. The van der Waals surface area contributed by atoms with E-state index in [0.29, 0.717) is 59.5 Å². The highest BCUT2D eigenvalue weighted by molar-refractivity contribution is 5.84. The van der Waals surface area contributed by atoms with E-state index < -0.39 is 53.6 Å². The van der Waals surface area contributed by atoms with Crippen LogP contribution in [0.1, 0.15) is 131 Å². The van der Waals surface area contributed by atoms with Gasteiger partial charge < -0.3 is 0 Å². The molecule has 0 bridgehead atoms. The molecule has 2 heterocycles. The molecule has 2 aliphatic rings. The molecule has 0 radical (unpaired) electrons. The average molecular weight is 999 g/mol. The zero-order chi connectivity index (χ0) is 52.1. The summed E-state index contributed by atoms with van der Waals surface area (Å²) in [4.78, 5) is 27.9. The van der Waals surface area contributed by atoms with E-state index in [2.05, 4.69) is 0 Å². The van der Waals surface area contributed by atoms with Gasteiger partial charge in [-0.05, 0) is 159 Å². The van der Waals surface area contributed by atoms with E-state index in [1.165, 1.54) is 38.1 Å². The summed E-state index contributed by atoms with van der Waals surface area (Å²) in [6.07, 6.45) is -15.3. The van der Waals surface area contributed by atoms with Crippen molar-refractivity contribution in [2.24, 2.45) is 23.7 Å². The monoisotopic (exact) mass is 998 g/mol. The standard InChI is InChI=1S/2C27H31F6NO/c1-16(2)11-24(17(3)35)20-12-19(18-5-7-22(8-6-18)26(28,29)30)13-21(14-20)25-10-9-23(15-34(25)4)27(31,32)33;1-17(2)10-11-34-16-24(27(31,32)33)8-9-25(34)22-14-19(12-18(3)35)13-21(15-22)20-4-6-23(7-5-20)26(28,29)30/h5-8,12-14,16,23-25H,9-11,15H2,1-4H3;4-7,13-15,17,24-25H,8-12,16H2,1-3H3. The fourth-order valence-corrected chi connectivity index (χ4v) is 9.61. The zero-order valence-corrected chi connectivity index (χ0v) is 40.4. The van der Waals surface area contributed by atoms with Crippen LogP contribution in [0.15, 0.2) is 84.9 Å². The maximum Gasteiger partial charge on any atom is 0.416 e. The number of likely N-dealkylation sites (tertiary alicyclic amines) is 2. The lowest BCUT2D eigenvalue weighted by molar-refractivity contribution is -0.191. The Hall–Kier alpha value is -4.70. The zero-order valence-electron chi connectivity index (χ0n) is 40.4. The van der Waals surface area contributed by atoms with Crippen LogP contribution < -0.4 is 0 Å². The Kier molecular flexibility index (Phi) is 18.3. The van der Waals surface area contributed by atoms with Crippen LogP contribution in [0.2, 0.25) is 0 Å². The largest absolute Gasteiger partial charge is 0.416 e. The Bertz CT molecular complexity index is 2370. The summed E-state index contributed by atoms with van der Waals surface area (Å²) in [7, 11) is 1.66. The summed E-state index contributed by atoms with van der Waals surface area (Å²) < 4.78 is 159. The van der Waals surface area contributed by atoms with Crippen LogP contribution in [-0.2, 0) is 28.4 Å². The summed E-state index contributed by atoms with van der Waals surface area (Å²) in [5.74, 6) is -2.73. The molecule has 0 aliphatic carbocycles. The highest BCUT2D eigenvalue weighted by Crippen LogP contribution is 2.44. The number of hydrogen-bond acceptors (Lipinski definition) is 4. The second kappa shape index (κ2) is 22.8. The van der Waals surface area contributed by atoms with Crippen molar-refractivity contribution in [1.82, 2.24) is 9.80 Å². The summed E-state index contributed by atoms with van der Waals surface area (Å²) in [5.41, 5.74) is 3.90. The number of halogens is 12. The minimum atomic E-state index is -4.46. The third-order valence-corrected chi connectivity index (χ3v) is 13.3. The molecule has 0 amide bonds. The van der Waals surface area contributed by atoms with Crippen LogP contribution >= 0.6 is 0 Å². The minimum absolute atomic E-state index is 0.000474. The van der Waals surface area contributed by atoms with Crippen molar-refractivity contribution in [2.45, 2.75) is 129 Å². The molecule has 5 atom stereocenters. The molecule has 2 aliphatic heterocycles. The molecule has 0 aromatic heterocycles. The number of alkyl halides is 12. The van der Waals surface area contributed by atoms with Gasteiger partial charge in [-0.2, -0.15) is 52.7 Å². The van der Waals surface area contributed by atoms with Crippen molar-refractivity contribution < 1.29 is 62.3 Å². The van der Waals surface area contributed by atoms with Gasteiger partial charge in [0.25, 0.3) is 0 Å². The van der Waals surface area contributed by atoms with Crippen molar-refractivity contribution in [3.8, 4) is 22.3 Å². The van der Waals surface area contributed by atoms with Crippen LogP contribution in [0.25, 0.3) is 22.3 Å². The molecule has 2 saturated heterocycles. The summed E-state index contributed by atoms with van der Waals surface area (Å²) >= 11 is 0. The maximum atomic E-state index is 13.5. The molecule has 6 rings (SSSR count). The van der Waals surface area contributed by atoms with Crippen molar-refractivity contribution in [3.63, 3.8) is 0 Å². The van der Waals surface area contributed by atoms with Crippen LogP contribution in [0.4, 0.5) is 52.7 Å². The van der Waals surface area contributed by atoms with Crippen molar-refractivity contribution in [2.75, 3.05) is 26.7 Å². The lowest BCUT2D eigenvalue weighted by Crippen LogP contribution is -2.44. The number of Topliss-reactive ketones (excluding diaryl/α,β-unsaturated/α-hetero) is 2. The summed E-state index contributed by atoms with van der Waals surface area (Å²) in [6.45, 7) is 11.3. The third-order valence-electron chi connectivity index (χ3n) is 13.3. The van der Waals surface area contributed by atoms with Crippen LogP contribution in [0.3, 0.4) is 0 Å². The number of ketones is 2. The van der Waals surface area contributed by atoms with Gasteiger partial charge in [0.2, 0.25) is 0 Å². The van der Waals surface area contributed by atoms with E-state index in [0.717, 1.165) is 47.4 Å². The van der Waals surface area contributed by atoms with Crippen molar-refractivity contribution in [3.05, 3.63) is 118 Å². The Morgan fingerprint density at radius 3 is 1.47 bits per heavy atom. The summed E-state index contributed by atoms with van der Waals surface area (Å²) in [6, 6.07) is 20.1. The predicted molar refractivity (Wildman–Crippen MR) is 248 cm³/mol. The molecule has 16 heteroatoms. The van der Waals surface area contributed by atoms with Gasteiger partial charge in [0.15, 0.2) is 0 Å². The highest BCUT2D eigenvalue weighted by atomic mass is 19.4. The van der Waals surface area contributed by atoms with Gasteiger partial charge >= 0.3 is 24.7 Å². The number of piperidine rings is 2. The second-order valence-corrected chi connectivity index (χ2v) is 20.0. The van der Waals surface area contributed by atoms with E-state index >= 15 is 0 Å². The van der Waals surface area contributed by atoms with Crippen molar-refractivity contribution in [1.29, 1.82) is 0 Å². The van der Waals surface area contributed by atoms with Gasteiger partial charge in [-0.1, -0.05) is 76.2 Å².